The third-order valence-corrected chi connectivity index (χ3v) is 12.8. The summed E-state index contributed by atoms with van der Waals surface area (Å²) in [7, 11) is 0. The van der Waals surface area contributed by atoms with Gasteiger partial charge in [0.05, 0.1) is 29.3 Å². The molecule has 7 heteroatoms. The van der Waals surface area contributed by atoms with Crippen molar-refractivity contribution < 1.29 is 34.0 Å². The van der Waals surface area contributed by atoms with Gasteiger partial charge in [-0.05, 0) is 79.8 Å². The van der Waals surface area contributed by atoms with E-state index in [1.165, 1.54) is 12.5 Å². The van der Waals surface area contributed by atoms with Gasteiger partial charge in [-0.2, -0.15) is 0 Å². The molecule has 3 spiro atoms. The molecule has 0 aromatic heterocycles. The molecule has 4 bridgehead atoms. The van der Waals surface area contributed by atoms with Gasteiger partial charge in [-0.25, -0.2) is 4.79 Å². The van der Waals surface area contributed by atoms with Gasteiger partial charge >= 0.3 is 11.9 Å². The van der Waals surface area contributed by atoms with E-state index >= 15 is 0 Å². The molecular formula is C32H42O7. The van der Waals surface area contributed by atoms with Gasteiger partial charge in [0, 0.05) is 18.4 Å². The summed E-state index contributed by atoms with van der Waals surface area (Å²) in [5.41, 5.74) is -1.75. The molecule has 0 radical (unpaired) electrons. The largest absolute Gasteiger partial charge is 0.493 e. The van der Waals surface area contributed by atoms with Crippen LogP contribution in [0.1, 0.15) is 91.4 Å². The molecule has 0 aromatic carbocycles. The molecule has 5 aliphatic carbocycles. The topological polar surface area (TPSA) is 102 Å². The molecule has 8 unspecified atom stereocenters. The molecule has 0 amide bonds. The Morgan fingerprint density at radius 3 is 2.59 bits per heavy atom. The van der Waals surface area contributed by atoms with E-state index in [0.717, 1.165) is 50.5 Å². The third-order valence-electron chi connectivity index (χ3n) is 12.8. The van der Waals surface area contributed by atoms with Crippen LogP contribution in [-0.4, -0.2) is 52.7 Å². The number of aliphatic hydroxyl groups is 2. The van der Waals surface area contributed by atoms with Crippen molar-refractivity contribution in [3.63, 3.8) is 0 Å². The number of rotatable bonds is 4. The summed E-state index contributed by atoms with van der Waals surface area (Å²) in [6.07, 6.45) is 14.6. The number of ether oxygens (including phenoxy) is 3. The zero-order chi connectivity index (χ0) is 27.5. The number of hydrogen-bond acceptors (Lipinski definition) is 7. The van der Waals surface area contributed by atoms with Crippen LogP contribution in [0.2, 0.25) is 0 Å². The molecule has 2 aliphatic heterocycles. The van der Waals surface area contributed by atoms with Crippen molar-refractivity contribution in [2.45, 2.75) is 115 Å². The van der Waals surface area contributed by atoms with Crippen molar-refractivity contribution in [1.82, 2.24) is 0 Å². The van der Waals surface area contributed by atoms with E-state index in [1.54, 1.807) is 6.08 Å². The van der Waals surface area contributed by atoms with Gasteiger partial charge in [0.2, 0.25) is 0 Å². The van der Waals surface area contributed by atoms with Gasteiger partial charge < -0.3 is 24.4 Å². The molecule has 7 nitrogen and oxygen atoms in total. The number of carbonyl (C=O) groups excluding carboxylic acids is 2. The van der Waals surface area contributed by atoms with E-state index < -0.39 is 40.2 Å². The monoisotopic (exact) mass is 538 g/mol. The van der Waals surface area contributed by atoms with E-state index in [-0.39, 0.29) is 29.4 Å². The van der Waals surface area contributed by atoms with E-state index in [1.807, 2.05) is 18.4 Å². The Morgan fingerprint density at radius 2 is 1.90 bits per heavy atom. The van der Waals surface area contributed by atoms with Crippen LogP contribution in [0.15, 0.2) is 35.6 Å². The Balaban J connectivity index is 1.54. The highest BCUT2D eigenvalue weighted by Crippen LogP contribution is 2.85. The molecule has 2 N–H and O–H groups in total. The summed E-state index contributed by atoms with van der Waals surface area (Å²) in [4.78, 5) is 24.7. The highest BCUT2D eigenvalue weighted by atomic mass is 16.5. The molecule has 39 heavy (non-hydrogen) atoms. The highest BCUT2D eigenvalue weighted by Gasteiger charge is 2.89. The fourth-order valence-corrected chi connectivity index (χ4v) is 11.5. The molecule has 0 aromatic rings. The standard InChI is InChI=1S/C32H42O7/c1-20(33)39-25-17-28(3)12-8-24(35)32-23(34)7-11-27(2)14-15-29(9-4-5-10-29)22(31(25,27)32)19-38-30(28,32)13-6-21-16-26(36)37-18-21/h8,12,16,19,23-25,34-35H,4-7,9-11,13-15,17-18H2,1-3H3. The summed E-state index contributed by atoms with van der Waals surface area (Å²) < 4.78 is 18.8. The number of carbonyl (C=O) groups is 2. The van der Waals surface area contributed by atoms with Crippen molar-refractivity contribution in [2.75, 3.05) is 6.61 Å². The van der Waals surface area contributed by atoms with Crippen molar-refractivity contribution in [3.8, 4) is 0 Å². The summed E-state index contributed by atoms with van der Waals surface area (Å²) in [5.74, 6) is -0.646. The molecule has 7 rings (SSSR count). The predicted octanol–water partition coefficient (Wildman–Crippen LogP) is 4.66. The molecule has 4 saturated carbocycles. The lowest BCUT2D eigenvalue weighted by atomic mass is 9.24. The second kappa shape index (κ2) is 8.00. The minimum atomic E-state index is -1.11. The second-order valence-corrected chi connectivity index (χ2v) is 14.2. The van der Waals surface area contributed by atoms with Crippen LogP contribution < -0.4 is 0 Å². The zero-order valence-corrected chi connectivity index (χ0v) is 23.5. The second-order valence-electron chi connectivity index (χ2n) is 14.2. The van der Waals surface area contributed by atoms with Gasteiger partial charge in [-0.15, -0.1) is 0 Å². The summed E-state index contributed by atoms with van der Waals surface area (Å²) >= 11 is 0. The first kappa shape index (κ1) is 25.8. The average molecular weight is 539 g/mol. The SMILES string of the molecule is CC(=O)OC1CC2(C)C=CC(O)C34C(O)CCC5(C)CCC6(CCCC6)C(=COC23CCC2=CC(=O)OC2)C154. The van der Waals surface area contributed by atoms with Crippen molar-refractivity contribution in [3.05, 3.63) is 35.6 Å². The average Bonchev–Trinajstić information content (AvgIpc) is 3.53. The molecule has 4 fully saturated rings. The normalized spacial score (nSPS) is 48.5. The molecular weight excluding hydrogens is 496 g/mol. The van der Waals surface area contributed by atoms with Crippen LogP contribution in [-0.2, 0) is 23.8 Å². The van der Waals surface area contributed by atoms with Crippen molar-refractivity contribution in [1.29, 1.82) is 0 Å². The molecule has 2 heterocycles. The number of esters is 2. The smallest absolute Gasteiger partial charge is 0.331 e. The Morgan fingerprint density at radius 1 is 1.13 bits per heavy atom. The maximum Gasteiger partial charge on any atom is 0.331 e. The van der Waals surface area contributed by atoms with Crippen LogP contribution in [0.25, 0.3) is 0 Å². The molecule has 8 atom stereocenters. The van der Waals surface area contributed by atoms with Crippen LogP contribution in [0, 0.1) is 27.1 Å². The number of cyclic esters (lactones) is 1. The Kier molecular flexibility index (Phi) is 5.30. The van der Waals surface area contributed by atoms with E-state index in [0.29, 0.717) is 25.7 Å². The lowest BCUT2D eigenvalue weighted by Crippen LogP contribution is -2.87. The first-order chi connectivity index (χ1) is 18.5. The van der Waals surface area contributed by atoms with Crippen LogP contribution in [0.4, 0.5) is 0 Å². The van der Waals surface area contributed by atoms with E-state index in [2.05, 4.69) is 13.8 Å². The van der Waals surface area contributed by atoms with Crippen molar-refractivity contribution >= 4 is 11.9 Å². The summed E-state index contributed by atoms with van der Waals surface area (Å²) in [5, 5.41) is 24.8. The first-order valence-corrected chi connectivity index (χ1v) is 15.0. The molecule has 212 valence electrons. The van der Waals surface area contributed by atoms with Crippen LogP contribution in [0.3, 0.4) is 0 Å². The fraction of sp³-hybridized carbons (Fsp3) is 0.750. The predicted molar refractivity (Wildman–Crippen MR) is 142 cm³/mol. The van der Waals surface area contributed by atoms with E-state index in [4.69, 9.17) is 14.2 Å². The van der Waals surface area contributed by atoms with E-state index in [9.17, 15) is 19.8 Å². The van der Waals surface area contributed by atoms with Gasteiger partial charge in [-0.3, -0.25) is 4.79 Å². The summed E-state index contributed by atoms with van der Waals surface area (Å²) in [6, 6.07) is 0. The fourth-order valence-electron chi connectivity index (χ4n) is 11.5. The third kappa shape index (κ3) is 2.77. The number of fused-ring (bicyclic) bond motifs is 1. The van der Waals surface area contributed by atoms with Gasteiger partial charge in [0.25, 0.3) is 0 Å². The summed E-state index contributed by atoms with van der Waals surface area (Å²) in [6.45, 7) is 6.21. The maximum atomic E-state index is 12.8. The lowest BCUT2D eigenvalue weighted by Gasteiger charge is -2.82. The van der Waals surface area contributed by atoms with Crippen LogP contribution in [0.5, 0.6) is 0 Å². The van der Waals surface area contributed by atoms with Crippen molar-refractivity contribution in [2.24, 2.45) is 27.1 Å². The quantitative estimate of drug-likeness (QED) is 0.396. The number of hydrogen-bond donors (Lipinski definition) is 2. The Labute approximate surface area is 230 Å². The molecule has 7 aliphatic rings. The number of aliphatic hydroxyl groups excluding tert-OH is 2. The van der Waals surface area contributed by atoms with Crippen LogP contribution >= 0.6 is 0 Å². The Hall–Kier alpha value is -2.12. The van der Waals surface area contributed by atoms with Gasteiger partial charge in [0.15, 0.2) is 0 Å². The minimum Gasteiger partial charge on any atom is -0.493 e. The molecule has 0 saturated heterocycles. The van der Waals surface area contributed by atoms with Gasteiger partial charge in [-0.1, -0.05) is 38.8 Å². The zero-order valence-electron chi connectivity index (χ0n) is 23.5. The van der Waals surface area contributed by atoms with Gasteiger partial charge in [0.1, 0.15) is 18.3 Å². The lowest BCUT2D eigenvalue weighted by molar-refractivity contribution is -0.384. The first-order valence-electron chi connectivity index (χ1n) is 15.0. The Bertz CT molecular complexity index is 1210. The highest BCUT2D eigenvalue weighted by molar-refractivity contribution is 5.85. The minimum absolute atomic E-state index is 0.0724. The maximum absolute atomic E-state index is 12.8.